The zero-order chi connectivity index (χ0) is 10.4. The zero-order valence-electron chi connectivity index (χ0n) is 9.43. The highest BCUT2D eigenvalue weighted by Crippen LogP contribution is 2.44. The van der Waals surface area contributed by atoms with Crippen molar-refractivity contribution in [2.24, 2.45) is 22.1 Å². The summed E-state index contributed by atoms with van der Waals surface area (Å²) >= 11 is 0. The van der Waals surface area contributed by atoms with E-state index in [9.17, 15) is 0 Å². The molecule has 2 aliphatic rings. The standard InChI is InChI=1S/C11H21N3/c1-8-4-10(2,3)6-11(5-8)7-13-9(12)14-11/h8H,4-7H2,1-3H3,(H3,12,13,14). The Labute approximate surface area is 86.2 Å². The van der Waals surface area contributed by atoms with Crippen molar-refractivity contribution in [3.05, 3.63) is 0 Å². The first-order chi connectivity index (χ1) is 6.41. The van der Waals surface area contributed by atoms with Crippen LogP contribution in [0.2, 0.25) is 0 Å². The highest BCUT2D eigenvalue weighted by Gasteiger charge is 2.45. The molecule has 0 amide bonds. The Morgan fingerprint density at radius 2 is 2.14 bits per heavy atom. The first-order valence-corrected chi connectivity index (χ1v) is 5.49. The maximum absolute atomic E-state index is 5.71. The number of nitrogens with zero attached hydrogens (tertiary/aromatic N) is 1. The minimum absolute atomic E-state index is 0.172. The van der Waals surface area contributed by atoms with E-state index in [-0.39, 0.29) is 5.54 Å². The lowest BCUT2D eigenvalue weighted by Crippen LogP contribution is -2.54. The largest absolute Gasteiger partial charge is 0.370 e. The van der Waals surface area contributed by atoms with E-state index in [2.05, 4.69) is 31.1 Å². The predicted molar refractivity (Wildman–Crippen MR) is 59.2 cm³/mol. The van der Waals surface area contributed by atoms with Crippen molar-refractivity contribution < 1.29 is 0 Å². The van der Waals surface area contributed by atoms with Crippen molar-refractivity contribution in [2.75, 3.05) is 6.54 Å². The van der Waals surface area contributed by atoms with Gasteiger partial charge >= 0.3 is 0 Å². The second-order valence-electron chi connectivity index (χ2n) is 5.96. The smallest absolute Gasteiger partial charge is 0.189 e. The summed E-state index contributed by atoms with van der Waals surface area (Å²) < 4.78 is 0. The molecule has 0 bridgehead atoms. The number of aliphatic imine (C=N–C) groups is 1. The van der Waals surface area contributed by atoms with Gasteiger partial charge in [0.2, 0.25) is 0 Å². The fourth-order valence-corrected chi connectivity index (χ4v) is 3.55. The van der Waals surface area contributed by atoms with Gasteiger partial charge in [0, 0.05) is 0 Å². The van der Waals surface area contributed by atoms with Gasteiger partial charge in [0.05, 0.1) is 12.1 Å². The van der Waals surface area contributed by atoms with Crippen molar-refractivity contribution >= 4 is 5.96 Å². The molecule has 3 heteroatoms. The van der Waals surface area contributed by atoms with Crippen LogP contribution in [0.15, 0.2) is 4.99 Å². The van der Waals surface area contributed by atoms with Gasteiger partial charge in [0.1, 0.15) is 0 Å². The Kier molecular flexibility index (Phi) is 2.02. The number of hydrogen-bond donors (Lipinski definition) is 2. The lowest BCUT2D eigenvalue weighted by Gasteiger charge is -2.45. The summed E-state index contributed by atoms with van der Waals surface area (Å²) in [7, 11) is 0. The molecule has 14 heavy (non-hydrogen) atoms. The van der Waals surface area contributed by atoms with E-state index in [1.165, 1.54) is 19.3 Å². The molecule has 0 aromatic rings. The van der Waals surface area contributed by atoms with Crippen molar-refractivity contribution in [3.63, 3.8) is 0 Å². The Hall–Kier alpha value is -0.730. The van der Waals surface area contributed by atoms with E-state index >= 15 is 0 Å². The number of nitrogens with one attached hydrogen (secondary N) is 1. The molecular weight excluding hydrogens is 174 g/mol. The van der Waals surface area contributed by atoms with E-state index in [1.807, 2.05) is 0 Å². The molecule has 0 aromatic heterocycles. The van der Waals surface area contributed by atoms with Gasteiger partial charge in [-0.3, -0.25) is 4.99 Å². The van der Waals surface area contributed by atoms with E-state index < -0.39 is 0 Å². The summed E-state index contributed by atoms with van der Waals surface area (Å²) in [6.45, 7) is 7.90. The molecule has 0 radical (unpaired) electrons. The quantitative estimate of drug-likeness (QED) is 0.615. The molecule has 0 aromatic carbocycles. The molecule has 2 rings (SSSR count). The number of guanidine groups is 1. The van der Waals surface area contributed by atoms with E-state index in [4.69, 9.17) is 5.73 Å². The van der Waals surface area contributed by atoms with Crippen LogP contribution in [0.4, 0.5) is 0 Å². The molecule has 2 atom stereocenters. The summed E-state index contributed by atoms with van der Waals surface area (Å²) in [5, 5.41) is 3.38. The maximum Gasteiger partial charge on any atom is 0.189 e. The van der Waals surface area contributed by atoms with Crippen molar-refractivity contribution in [1.82, 2.24) is 5.32 Å². The summed E-state index contributed by atoms with van der Waals surface area (Å²) in [5.41, 5.74) is 6.31. The Balaban J connectivity index is 2.14. The highest BCUT2D eigenvalue weighted by atomic mass is 15.2. The third-order valence-corrected chi connectivity index (χ3v) is 3.40. The lowest BCUT2D eigenvalue weighted by atomic mass is 9.64. The van der Waals surface area contributed by atoms with Crippen LogP contribution in [0, 0.1) is 11.3 Å². The first kappa shape index (κ1) is 9.81. The molecule has 3 nitrogen and oxygen atoms in total. The summed E-state index contributed by atoms with van der Waals surface area (Å²) in [6.07, 6.45) is 3.71. The maximum atomic E-state index is 5.71. The molecule has 2 unspecified atom stereocenters. The highest BCUT2D eigenvalue weighted by molar-refractivity contribution is 5.80. The van der Waals surface area contributed by atoms with Gasteiger partial charge in [-0.1, -0.05) is 20.8 Å². The van der Waals surface area contributed by atoms with Crippen LogP contribution in [0.3, 0.4) is 0 Å². The predicted octanol–water partition coefficient (Wildman–Crippen LogP) is 1.49. The van der Waals surface area contributed by atoms with Crippen LogP contribution >= 0.6 is 0 Å². The lowest BCUT2D eigenvalue weighted by molar-refractivity contribution is 0.106. The van der Waals surface area contributed by atoms with Gasteiger partial charge in [-0.15, -0.1) is 0 Å². The second kappa shape index (κ2) is 2.88. The van der Waals surface area contributed by atoms with Gasteiger partial charge in [0.15, 0.2) is 5.96 Å². The van der Waals surface area contributed by atoms with Crippen molar-refractivity contribution in [1.29, 1.82) is 0 Å². The van der Waals surface area contributed by atoms with Crippen LogP contribution in [0.25, 0.3) is 0 Å². The molecule has 1 heterocycles. The Morgan fingerprint density at radius 3 is 2.64 bits per heavy atom. The van der Waals surface area contributed by atoms with Crippen molar-refractivity contribution in [2.45, 2.75) is 45.6 Å². The average Bonchev–Trinajstić information content (AvgIpc) is 2.26. The normalized spacial score (nSPS) is 40.8. The van der Waals surface area contributed by atoms with Gasteiger partial charge in [-0.2, -0.15) is 0 Å². The summed E-state index contributed by atoms with van der Waals surface area (Å²) in [4.78, 5) is 4.30. The summed E-state index contributed by atoms with van der Waals surface area (Å²) in [5.74, 6) is 1.40. The first-order valence-electron chi connectivity index (χ1n) is 5.49. The average molecular weight is 195 g/mol. The minimum atomic E-state index is 0.172. The van der Waals surface area contributed by atoms with Crippen molar-refractivity contribution in [3.8, 4) is 0 Å². The van der Waals surface area contributed by atoms with Gasteiger partial charge in [0.25, 0.3) is 0 Å². The SMILES string of the molecule is CC1CC(C)(C)CC2(CN=C(N)N2)C1. The van der Waals surface area contributed by atoms with E-state index in [0.717, 1.165) is 12.5 Å². The van der Waals surface area contributed by atoms with Crippen LogP contribution in [-0.2, 0) is 0 Å². The topological polar surface area (TPSA) is 50.4 Å². The summed E-state index contributed by atoms with van der Waals surface area (Å²) in [6, 6.07) is 0. The molecule has 1 aliphatic heterocycles. The van der Waals surface area contributed by atoms with Gasteiger partial charge in [-0.05, 0) is 30.6 Å². The molecule has 3 N–H and O–H groups in total. The third kappa shape index (κ3) is 1.72. The molecule has 1 saturated carbocycles. The monoisotopic (exact) mass is 195 g/mol. The number of rotatable bonds is 0. The molecule has 80 valence electrons. The molecule has 1 fully saturated rings. The van der Waals surface area contributed by atoms with E-state index in [1.54, 1.807) is 0 Å². The molecule has 0 saturated heterocycles. The van der Waals surface area contributed by atoms with E-state index in [0.29, 0.717) is 11.4 Å². The van der Waals surface area contributed by atoms with Gasteiger partial charge in [-0.25, -0.2) is 0 Å². The minimum Gasteiger partial charge on any atom is -0.370 e. The Bertz CT molecular complexity index is 270. The number of hydrogen-bond acceptors (Lipinski definition) is 3. The van der Waals surface area contributed by atoms with Crippen LogP contribution < -0.4 is 11.1 Å². The Morgan fingerprint density at radius 1 is 1.43 bits per heavy atom. The molecule has 1 spiro atoms. The molecule has 1 aliphatic carbocycles. The van der Waals surface area contributed by atoms with Crippen LogP contribution in [-0.4, -0.2) is 18.0 Å². The van der Waals surface area contributed by atoms with Gasteiger partial charge < -0.3 is 11.1 Å². The second-order valence-corrected chi connectivity index (χ2v) is 5.96. The zero-order valence-corrected chi connectivity index (χ0v) is 9.43. The molecular formula is C11H21N3. The third-order valence-electron chi connectivity index (χ3n) is 3.40. The fourth-order valence-electron chi connectivity index (χ4n) is 3.55. The number of nitrogens with two attached hydrogens (primary N) is 1. The fraction of sp³-hybridized carbons (Fsp3) is 0.909. The van der Waals surface area contributed by atoms with Crippen LogP contribution in [0.1, 0.15) is 40.0 Å². The van der Waals surface area contributed by atoms with Crippen LogP contribution in [0.5, 0.6) is 0 Å².